The molecule has 7 heteroatoms. The second-order valence-electron chi connectivity index (χ2n) is 7.52. The number of benzene rings is 3. The lowest BCUT2D eigenvalue weighted by atomic mass is 9.99. The van der Waals surface area contributed by atoms with Crippen LogP contribution in [0.5, 0.6) is 0 Å². The van der Waals surface area contributed by atoms with Crippen LogP contribution in [0.4, 0.5) is 11.4 Å². The van der Waals surface area contributed by atoms with E-state index in [1.54, 1.807) is 25.1 Å². The average molecular weight is 441 g/mol. The Labute approximate surface area is 191 Å². The zero-order valence-electron chi connectivity index (χ0n) is 18.1. The maximum Gasteiger partial charge on any atom is 0.338 e. The Hall–Kier alpha value is -4.39. The lowest BCUT2D eigenvalue weighted by Gasteiger charge is -2.15. The molecule has 0 atom stereocenters. The van der Waals surface area contributed by atoms with E-state index in [9.17, 15) is 14.4 Å². The Balaban J connectivity index is 1.77. The fourth-order valence-corrected chi connectivity index (χ4v) is 3.70. The topological polar surface area (TPSA) is 111 Å². The molecule has 0 aromatic heterocycles. The number of carbonyl (C=O) groups is 3. The minimum absolute atomic E-state index is 0.158. The first-order valence-corrected chi connectivity index (χ1v) is 10.5. The van der Waals surface area contributed by atoms with Crippen LogP contribution in [0.25, 0.3) is 11.3 Å². The predicted molar refractivity (Wildman–Crippen MR) is 127 cm³/mol. The molecule has 166 valence electrons. The Morgan fingerprint density at radius 3 is 2.36 bits per heavy atom. The van der Waals surface area contributed by atoms with Gasteiger partial charge >= 0.3 is 5.97 Å². The first-order valence-electron chi connectivity index (χ1n) is 10.5. The first-order chi connectivity index (χ1) is 16.0. The summed E-state index contributed by atoms with van der Waals surface area (Å²) in [5.74, 6) is -1.11. The van der Waals surface area contributed by atoms with E-state index in [-0.39, 0.29) is 18.9 Å². The van der Waals surface area contributed by atoms with Crippen molar-refractivity contribution >= 4 is 40.4 Å². The van der Waals surface area contributed by atoms with Gasteiger partial charge in [0, 0.05) is 11.3 Å². The summed E-state index contributed by atoms with van der Waals surface area (Å²) in [7, 11) is 0. The highest BCUT2D eigenvalue weighted by Gasteiger charge is 2.29. The van der Waals surface area contributed by atoms with Crippen molar-refractivity contribution in [2.75, 3.05) is 17.2 Å². The van der Waals surface area contributed by atoms with Gasteiger partial charge in [0.1, 0.15) is 0 Å². The molecule has 0 spiro atoms. The van der Waals surface area contributed by atoms with Crippen LogP contribution in [0.15, 0.2) is 72.8 Å². The van der Waals surface area contributed by atoms with Crippen molar-refractivity contribution in [3.8, 4) is 0 Å². The number of amides is 2. The zero-order valence-corrected chi connectivity index (χ0v) is 18.1. The minimum Gasteiger partial charge on any atom is -0.462 e. The van der Waals surface area contributed by atoms with Crippen LogP contribution in [-0.4, -0.2) is 24.4 Å². The Bertz CT molecular complexity index is 1250. The molecule has 1 aliphatic heterocycles. The van der Waals surface area contributed by atoms with Gasteiger partial charge in [-0.05, 0) is 42.3 Å². The van der Waals surface area contributed by atoms with Gasteiger partial charge in [-0.1, -0.05) is 48.5 Å². The van der Waals surface area contributed by atoms with E-state index in [2.05, 4.69) is 10.6 Å². The summed E-state index contributed by atoms with van der Waals surface area (Å²) < 4.78 is 5.07. The monoisotopic (exact) mass is 441 g/mol. The van der Waals surface area contributed by atoms with Gasteiger partial charge < -0.3 is 21.1 Å². The van der Waals surface area contributed by atoms with Crippen LogP contribution < -0.4 is 16.4 Å². The molecular formula is C26H23N3O4. The normalized spacial score (nSPS) is 13.7. The van der Waals surface area contributed by atoms with Gasteiger partial charge in [-0.3, -0.25) is 9.59 Å². The number of ether oxygens (including phenoxy) is 1. The lowest BCUT2D eigenvalue weighted by molar-refractivity contribution is -0.117. The van der Waals surface area contributed by atoms with Crippen LogP contribution in [0.2, 0.25) is 0 Å². The van der Waals surface area contributed by atoms with Gasteiger partial charge in [-0.2, -0.15) is 0 Å². The molecule has 1 aliphatic rings. The van der Waals surface area contributed by atoms with E-state index in [4.69, 9.17) is 10.5 Å². The summed E-state index contributed by atoms with van der Waals surface area (Å²) in [5, 5.41) is 6.21. The van der Waals surface area contributed by atoms with Crippen molar-refractivity contribution in [2.45, 2.75) is 13.3 Å². The highest BCUT2D eigenvalue weighted by atomic mass is 16.5. The minimum atomic E-state index is -0.440. The van der Waals surface area contributed by atoms with Gasteiger partial charge in [0.05, 0.1) is 35.5 Å². The maximum absolute atomic E-state index is 13.0. The summed E-state index contributed by atoms with van der Waals surface area (Å²) in [6.07, 6.45) is 0.158. The van der Waals surface area contributed by atoms with Gasteiger partial charge in [0.2, 0.25) is 5.91 Å². The van der Waals surface area contributed by atoms with Crippen molar-refractivity contribution in [3.05, 3.63) is 95.1 Å². The molecule has 33 heavy (non-hydrogen) atoms. The Morgan fingerprint density at radius 1 is 0.970 bits per heavy atom. The largest absolute Gasteiger partial charge is 0.462 e. The molecule has 0 radical (unpaired) electrons. The van der Waals surface area contributed by atoms with Gasteiger partial charge in [0.15, 0.2) is 0 Å². The summed E-state index contributed by atoms with van der Waals surface area (Å²) in [4.78, 5) is 36.3. The summed E-state index contributed by atoms with van der Waals surface area (Å²) in [6, 6.07) is 21.8. The Morgan fingerprint density at radius 2 is 1.70 bits per heavy atom. The third-order valence-electron chi connectivity index (χ3n) is 5.19. The van der Waals surface area contributed by atoms with Gasteiger partial charge in [0.25, 0.3) is 5.91 Å². The number of esters is 1. The highest BCUT2D eigenvalue weighted by Crippen LogP contribution is 2.38. The van der Waals surface area contributed by atoms with Crippen LogP contribution in [0, 0.1) is 0 Å². The number of rotatable bonds is 7. The summed E-state index contributed by atoms with van der Waals surface area (Å²) >= 11 is 0. The standard InChI is InChI=1S/C26H23N3O4/c1-2-33-26(32)18-10-13-20-21(15-18)29-25(31)23(20)24(17-6-4-3-5-7-17)28-19-11-8-16(9-12-19)14-22(27)30/h3-13,15,28H,2,14H2,1H3,(H2,27,30)(H,29,31)/b24-23+. The zero-order chi connectivity index (χ0) is 23.4. The number of fused-ring (bicyclic) bond motifs is 1. The molecule has 2 amide bonds. The molecule has 4 rings (SSSR count). The number of hydrogen-bond acceptors (Lipinski definition) is 5. The smallest absolute Gasteiger partial charge is 0.338 e. The van der Waals surface area contributed by atoms with E-state index in [0.717, 1.165) is 16.8 Å². The summed E-state index contributed by atoms with van der Waals surface area (Å²) in [6.45, 7) is 2.01. The molecule has 3 aromatic rings. The highest BCUT2D eigenvalue weighted by molar-refractivity contribution is 6.37. The summed E-state index contributed by atoms with van der Waals surface area (Å²) in [5.41, 5.74) is 10.3. The molecule has 0 unspecified atom stereocenters. The second-order valence-corrected chi connectivity index (χ2v) is 7.52. The van der Waals surface area contributed by atoms with Crippen molar-refractivity contribution in [1.29, 1.82) is 0 Å². The van der Waals surface area contributed by atoms with Crippen molar-refractivity contribution < 1.29 is 19.1 Å². The molecule has 0 saturated carbocycles. The van der Waals surface area contributed by atoms with Crippen molar-refractivity contribution in [1.82, 2.24) is 0 Å². The first kappa shape index (κ1) is 21.8. The van der Waals surface area contributed by atoms with E-state index in [1.807, 2.05) is 54.6 Å². The molecule has 3 aromatic carbocycles. The number of carbonyl (C=O) groups excluding carboxylic acids is 3. The quantitative estimate of drug-likeness (QED) is 0.381. The predicted octanol–water partition coefficient (Wildman–Crippen LogP) is 3.82. The molecule has 0 aliphatic carbocycles. The molecule has 7 nitrogen and oxygen atoms in total. The van der Waals surface area contributed by atoms with Crippen LogP contribution in [0.1, 0.15) is 34.0 Å². The van der Waals surface area contributed by atoms with Crippen LogP contribution >= 0.6 is 0 Å². The number of primary amides is 1. The van der Waals surface area contributed by atoms with Crippen LogP contribution in [0.3, 0.4) is 0 Å². The average Bonchev–Trinajstić information content (AvgIpc) is 3.13. The number of nitrogens with one attached hydrogen (secondary N) is 2. The molecule has 1 heterocycles. The Kier molecular flexibility index (Phi) is 6.22. The van der Waals surface area contributed by atoms with E-state index in [0.29, 0.717) is 28.1 Å². The maximum atomic E-state index is 13.0. The fraction of sp³-hybridized carbons (Fsp3) is 0.115. The van der Waals surface area contributed by atoms with E-state index >= 15 is 0 Å². The van der Waals surface area contributed by atoms with E-state index < -0.39 is 11.9 Å². The number of anilines is 2. The third kappa shape index (κ3) is 4.77. The van der Waals surface area contributed by atoms with Crippen molar-refractivity contribution in [3.63, 3.8) is 0 Å². The van der Waals surface area contributed by atoms with Gasteiger partial charge in [-0.15, -0.1) is 0 Å². The third-order valence-corrected chi connectivity index (χ3v) is 5.19. The molecular weight excluding hydrogens is 418 g/mol. The fourth-order valence-electron chi connectivity index (χ4n) is 3.70. The van der Waals surface area contributed by atoms with Crippen molar-refractivity contribution in [2.24, 2.45) is 5.73 Å². The van der Waals surface area contributed by atoms with E-state index in [1.165, 1.54) is 0 Å². The SMILES string of the molecule is CCOC(=O)c1ccc2c(c1)NC(=O)/C2=C(/Nc1ccc(CC(N)=O)cc1)c1ccccc1. The lowest BCUT2D eigenvalue weighted by Crippen LogP contribution is -2.13. The molecule has 0 bridgehead atoms. The molecule has 0 saturated heterocycles. The number of hydrogen-bond donors (Lipinski definition) is 3. The molecule has 0 fully saturated rings. The van der Waals surface area contributed by atoms with Crippen LogP contribution in [-0.2, 0) is 20.7 Å². The molecule has 4 N–H and O–H groups in total. The van der Waals surface area contributed by atoms with Gasteiger partial charge in [-0.25, -0.2) is 4.79 Å². The number of nitrogens with two attached hydrogens (primary N) is 1. The second kappa shape index (κ2) is 9.40.